The molecule has 2 aromatic heterocycles. The van der Waals surface area contributed by atoms with Crippen LogP contribution >= 0.6 is 0 Å². The van der Waals surface area contributed by atoms with Crippen molar-refractivity contribution >= 4 is 75.9 Å². The standard InChI is InChI=1S/C58H42N2/c1-3-59-53-26-12-10-20-44(53)51-34-39(29-32-55(51)59)41-22-14-24-46-49(41)36-50-42(40-30-33-56-52(35-40)45-21-11-13-27-54(45)60(56)4-2)23-15-25-47(50)58(46)48-31-28-37-16-8-9-19-43(37)57(48)38-17-6-5-7-18-38/h5-36H,3-4H2,1-2H3. The summed E-state index contributed by atoms with van der Waals surface area (Å²) in [5.74, 6) is 0. The van der Waals surface area contributed by atoms with Crippen LogP contribution in [0.25, 0.3) is 120 Å². The van der Waals surface area contributed by atoms with E-state index in [1.165, 1.54) is 120 Å². The third kappa shape index (κ3) is 5.07. The molecule has 0 saturated carbocycles. The number of aromatic nitrogens is 2. The van der Waals surface area contributed by atoms with Crippen LogP contribution < -0.4 is 0 Å². The lowest BCUT2D eigenvalue weighted by molar-refractivity contribution is 0.827. The molecule has 0 unspecified atom stereocenters. The Hall–Kier alpha value is -7.42. The van der Waals surface area contributed by atoms with Gasteiger partial charge in [-0.3, -0.25) is 0 Å². The molecular weight excluding hydrogens is 725 g/mol. The largest absolute Gasteiger partial charge is 0.341 e. The molecule has 0 spiro atoms. The number of fused-ring (bicyclic) bond motifs is 9. The van der Waals surface area contributed by atoms with Crippen LogP contribution in [0.2, 0.25) is 0 Å². The SMILES string of the molecule is CCn1c2ccccc2c2cc(-c3cccc4c(-c5ccc6ccccc6c5-c5ccccc5)c5cccc(-c6ccc7c(c6)c6ccccc6n7CC)c5cc34)ccc21. The Morgan fingerprint density at radius 1 is 0.283 bits per heavy atom. The molecule has 284 valence electrons. The molecule has 0 aliphatic heterocycles. The zero-order valence-corrected chi connectivity index (χ0v) is 33.8. The Bertz CT molecular complexity index is 3500. The van der Waals surface area contributed by atoms with Crippen molar-refractivity contribution in [2.75, 3.05) is 0 Å². The lowest BCUT2D eigenvalue weighted by atomic mass is 9.82. The van der Waals surface area contributed by atoms with E-state index in [0.29, 0.717) is 0 Å². The Labute approximate surface area is 349 Å². The van der Waals surface area contributed by atoms with Crippen LogP contribution in [-0.2, 0) is 13.1 Å². The molecule has 60 heavy (non-hydrogen) atoms. The maximum atomic E-state index is 2.49. The van der Waals surface area contributed by atoms with E-state index < -0.39 is 0 Å². The van der Waals surface area contributed by atoms with Crippen LogP contribution in [0.3, 0.4) is 0 Å². The van der Waals surface area contributed by atoms with Crippen LogP contribution in [-0.4, -0.2) is 9.13 Å². The Kier molecular flexibility index (Phi) is 7.83. The Morgan fingerprint density at radius 3 is 1.33 bits per heavy atom. The van der Waals surface area contributed by atoms with E-state index in [-0.39, 0.29) is 0 Å². The maximum absolute atomic E-state index is 2.49. The summed E-state index contributed by atoms with van der Waals surface area (Å²) in [6.45, 7) is 6.33. The van der Waals surface area contributed by atoms with E-state index in [2.05, 4.69) is 217 Å². The predicted octanol–water partition coefficient (Wildman–Crippen LogP) is 16.1. The first-order valence-corrected chi connectivity index (χ1v) is 21.3. The molecule has 0 fully saturated rings. The molecule has 0 atom stereocenters. The first-order chi connectivity index (χ1) is 29.7. The summed E-state index contributed by atoms with van der Waals surface area (Å²) in [4.78, 5) is 0. The minimum atomic E-state index is 0.927. The van der Waals surface area contributed by atoms with Crippen molar-refractivity contribution in [2.45, 2.75) is 26.9 Å². The van der Waals surface area contributed by atoms with Gasteiger partial charge < -0.3 is 9.13 Å². The van der Waals surface area contributed by atoms with Crippen LogP contribution in [0, 0.1) is 0 Å². The molecule has 10 aromatic carbocycles. The third-order valence-electron chi connectivity index (χ3n) is 13.1. The quantitative estimate of drug-likeness (QED) is 0.149. The molecule has 0 saturated heterocycles. The molecule has 12 rings (SSSR count). The maximum Gasteiger partial charge on any atom is 0.0491 e. The van der Waals surface area contributed by atoms with Crippen molar-refractivity contribution < 1.29 is 0 Å². The fraction of sp³-hybridized carbons (Fsp3) is 0.0690. The van der Waals surface area contributed by atoms with Crippen molar-refractivity contribution in [3.8, 4) is 44.5 Å². The summed E-state index contributed by atoms with van der Waals surface area (Å²) in [6.07, 6.45) is 0. The van der Waals surface area contributed by atoms with Gasteiger partial charge in [-0.15, -0.1) is 0 Å². The van der Waals surface area contributed by atoms with E-state index in [9.17, 15) is 0 Å². The van der Waals surface area contributed by atoms with Gasteiger partial charge in [-0.25, -0.2) is 0 Å². The van der Waals surface area contributed by atoms with Gasteiger partial charge in [0.2, 0.25) is 0 Å². The molecule has 0 radical (unpaired) electrons. The van der Waals surface area contributed by atoms with Gasteiger partial charge in [-0.05, 0) is 133 Å². The molecule has 2 heteroatoms. The van der Waals surface area contributed by atoms with Gasteiger partial charge in [0.25, 0.3) is 0 Å². The molecule has 0 bridgehead atoms. The van der Waals surface area contributed by atoms with Crippen molar-refractivity contribution in [1.29, 1.82) is 0 Å². The first-order valence-electron chi connectivity index (χ1n) is 21.3. The van der Waals surface area contributed by atoms with Crippen LogP contribution in [0.5, 0.6) is 0 Å². The predicted molar refractivity (Wildman–Crippen MR) is 258 cm³/mol. The average Bonchev–Trinajstić information content (AvgIpc) is 3.81. The molecule has 0 amide bonds. The lowest BCUT2D eigenvalue weighted by Crippen LogP contribution is -1.94. The van der Waals surface area contributed by atoms with Gasteiger partial charge >= 0.3 is 0 Å². The van der Waals surface area contributed by atoms with Crippen molar-refractivity contribution in [1.82, 2.24) is 9.13 Å². The summed E-state index contributed by atoms with van der Waals surface area (Å²) in [6, 6.07) is 72.7. The fourth-order valence-electron chi connectivity index (χ4n) is 10.5. The fourth-order valence-corrected chi connectivity index (χ4v) is 10.5. The molecule has 2 heterocycles. The Balaban J connectivity index is 1.20. The van der Waals surface area contributed by atoms with Crippen molar-refractivity contribution in [3.05, 3.63) is 194 Å². The molecule has 0 aliphatic carbocycles. The average molecular weight is 767 g/mol. The van der Waals surface area contributed by atoms with Crippen molar-refractivity contribution in [2.24, 2.45) is 0 Å². The second kappa shape index (κ2) is 13.6. The number of nitrogens with zero attached hydrogens (tertiary/aromatic N) is 2. The number of benzene rings is 10. The van der Waals surface area contributed by atoms with Gasteiger partial charge in [-0.2, -0.15) is 0 Å². The van der Waals surface area contributed by atoms with E-state index >= 15 is 0 Å². The summed E-state index contributed by atoms with van der Waals surface area (Å²) in [5, 5.41) is 12.7. The summed E-state index contributed by atoms with van der Waals surface area (Å²) in [7, 11) is 0. The zero-order chi connectivity index (χ0) is 39.9. The van der Waals surface area contributed by atoms with Gasteiger partial charge in [-0.1, -0.05) is 152 Å². The molecule has 0 N–H and O–H groups in total. The highest BCUT2D eigenvalue weighted by molar-refractivity contribution is 6.22. The molecule has 12 aromatic rings. The number of hydrogen-bond donors (Lipinski definition) is 0. The molecule has 2 nitrogen and oxygen atoms in total. The van der Waals surface area contributed by atoms with Gasteiger partial charge in [0.05, 0.1) is 0 Å². The van der Waals surface area contributed by atoms with Crippen LogP contribution in [0.4, 0.5) is 0 Å². The normalized spacial score (nSPS) is 12.0. The number of hydrogen-bond acceptors (Lipinski definition) is 0. The van der Waals surface area contributed by atoms with E-state index in [1.54, 1.807) is 0 Å². The van der Waals surface area contributed by atoms with Crippen molar-refractivity contribution in [3.63, 3.8) is 0 Å². The lowest BCUT2D eigenvalue weighted by Gasteiger charge is -2.21. The van der Waals surface area contributed by atoms with E-state index in [0.717, 1.165) is 13.1 Å². The van der Waals surface area contributed by atoms with Gasteiger partial charge in [0.1, 0.15) is 0 Å². The monoisotopic (exact) mass is 766 g/mol. The second-order valence-corrected chi connectivity index (χ2v) is 16.1. The third-order valence-corrected chi connectivity index (χ3v) is 13.1. The van der Waals surface area contributed by atoms with Crippen LogP contribution in [0.1, 0.15) is 13.8 Å². The Morgan fingerprint density at radius 2 is 0.767 bits per heavy atom. The smallest absolute Gasteiger partial charge is 0.0491 e. The number of aryl methyl sites for hydroxylation is 2. The van der Waals surface area contributed by atoms with Gasteiger partial charge in [0, 0.05) is 56.7 Å². The summed E-state index contributed by atoms with van der Waals surface area (Å²) in [5.41, 5.74) is 15.1. The minimum absolute atomic E-state index is 0.927. The molecular formula is C58H42N2. The summed E-state index contributed by atoms with van der Waals surface area (Å²) < 4.78 is 4.88. The van der Waals surface area contributed by atoms with E-state index in [1.807, 2.05) is 0 Å². The highest BCUT2D eigenvalue weighted by Crippen LogP contribution is 2.48. The zero-order valence-electron chi connectivity index (χ0n) is 33.8. The highest BCUT2D eigenvalue weighted by Gasteiger charge is 2.21. The summed E-state index contributed by atoms with van der Waals surface area (Å²) >= 11 is 0. The topological polar surface area (TPSA) is 9.86 Å². The molecule has 0 aliphatic rings. The van der Waals surface area contributed by atoms with Crippen LogP contribution in [0.15, 0.2) is 194 Å². The highest BCUT2D eigenvalue weighted by atomic mass is 15.0. The second-order valence-electron chi connectivity index (χ2n) is 16.1. The van der Waals surface area contributed by atoms with E-state index in [4.69, 9.17) is 0 Å². The number of para-hydroxylation sites is 2. The minimum Gasteiger partial charge on any atom is -0.341 e. The first kappa shape index (κ1) is 34.6. The number of rotatable bonds is 6. The van der Waals surface area contributed by atoms with Gasteiger partial charge in [0.15, 0.2) is 0 Å².